The number of benzene rings is 1. The van der Waals surface area contributed by atoms with Gasteiger partial charge in [0, 0.05) is 6.54 Å². The van der Waals surface area contributed by atoms with Crippen LogP contribution in [0.1, 0.15) is 31.4 Å². The summed E-state index contributed by atoms with van der Waals surface area (Å²) >= 11 is 0. The fourth-order valence-corrected chi connectivity index (χ4v) is 2.43. The van der Waals surface area contributed by atoms with Crippen LogP contribution in [0.2, 0.25) is 0 Å². The van der Waals surface area contributed by atoms with Crippen molar-refractivity contribution in [3.63, 3.8) is 0 Å². The quantitative estimate of drug-likeness (QED) is 0.763. The van der Waals surface area contributed by atoms with Crippen molar-refractivity contribution in [2.24, 2.45) is 11.1 Å². The number of nitrogens with one attached hydrogen (secondary N) is 2. The highest BCUT2D eigenvalue weighted by molar-refractivity contribution is 5.82. The molecule has 0 radical (unpaired) electrons. The summed E-state index contributed by atoms with van der Waals surface area (Å²) in [5.41, 5.74) is 7.02. The van der Waals surface area contributed by atoms with Crippen LogP contribution < -0.4 is 16.4 Å². The second kappa shape index (κ2) is 6.17. The molecule has 104 valence electrons. The van der Waals surface area contributed by atoms with Gasteiger partial charge in [0.15, 0.2) is 0 Å². The van der Waals surface area contributed by atoms with Gasteiger partial charge in [0.1, 0.15) is 6.04 Å². The maximum atomic E-state index is 12.1. The molecule has 1 saturated heterocycles. The molecule has 19 heavy (non-hydrogen) atoms. The van der Waals surface area contributed by atoms with Gasteiger partial charge in [0.05, 0.1) is 0 Å². The lowest BCUT2D eigenvalue weighted by Crippen LogP contribution is -2.45. The fraction of sp³-hybridized carbons (Fsp3) is 0.533. The largest absolute Gasteiger partial charge is 0.354 e. The molecule has 4 nitrogen and oxygen atoms in total. The zero-order chi connectivity index (χ0) is 13.7. The summed E-state index contributed by atoms with van der Waals surface area (Å²) in [6.07, 6.45) is 2.18. The van der Waals surface area contributed by atoms with Crippen molar-refractivity contribution >= 4 is 5.91 Å². The monoisotopic (exact) mass is 261 g/mol. The van der Waals surface area contributed by atoms with E-state index in [1.165, 1.54) is 0 Å². The van der Waals surface area contributed by atoms with Crippen LogP contribution in [0.4, 0.5) is 0 Å². The molecule has 0 spiro atoms. The summed E-state index contributed by atoms with van der Waals surface area (Å²) in [5.74, 6) is -0.0917. The van der Waals surface area contributed by atoms with Gasteiger partial charge in [-0.25, -0.2) is 0 Å². The van der Waals surface area contributed by atoms with Gasteiger partial charge in [-0.05, 0) is 36.9 Å². The minimum atomic E-state index is -0.577. The number of nitrogens with two attached hydrogens (primary N) is 1. The highest BCUT2D eigenvalue weighted by atomic mass is 16.2. The molecule has 0 aliphatic carbocycles. The topological polar surface area (TPSA) is 67.2 Å². The lowest BCUT2D eigenvalue weighted by Gasteiger charge is -2.34. The van der Waals surface area contributed by atoms with Crippen molar-refractivity contribution in [2.75, 3.05) is 19.6 Å². The third-order valence-electron chi connectivity index (χ3n) is 3.94. The SMILES string of the molecule is CC1(CNC(=O)C(N)c2ccccc2)CCNCC1. The number of piperidine rings is 1. The first-order valence-corrected chi connectivity index (χ1v) is 6.90. The Balaban J connectivity index is 1.87. The Morgan fingerprint density at radius 3 is 2.63 bits per heavy atom. The van der Waals surface area contributed by atoms with Crippen LogP contribution in [0.25, 0.3) is 0 Å². The Hall–Kier alpha value is -1.39. The molecule has 1 atom stereocenters. The van der Waals surface area contributed by atoms with E-state index in [2.05, 4.69) is 17.6 Å². The molecule has 1 fully saturated rings. The second-order valence-corrected chi connectivity index (χ2v) is 5.67. The lowest BCUT2D eigenvalue weighted by molar-refractivity contribution is -0.123. The maximum Gasteiger partial charge on any atom is 0.241 e. The van der Waals surface area contributed by atoms with Crippen LogP contribution >= 0.6 is 0 Å². The average molecular weight is 261 g/mol. The van der Waals surface area contributed by atoms with Gasteiger partial charge < -0.3 is 16.4 Å². The van der Waals surface area contributed by atoms with E-state index >= 15 is 0 Å². The van der Waals surface area contributed by atoms with Gasteiger partial charge >= 0.3 is 0 Å². The standard InChI is InChI=1S/C15H23N3O/c1-15(7-9-17-10-8-15)11-18-14(19)13(16)12-5-3-2-4-6-12/h2-6,13,17H,7-11,16H2,1H3,(H,18,19). The van der Waals surface area contributed by atoms with Crippen LogP contribution in [0.15, 0.2) is 30.3 Å². The predicted octanol–water partition coefficient (Wildman–Crippen LogP) is 1.19. The zero-order valence-electron chi connectivity index (χ0n) is 11.5. The van der Waals surface area contributed by atoms with Crippen molar-refractivity contribution < 1.29 is 4.79 Å². The molecular weight excluding hydrogens is 238 g/mol. The predicted molar refractivity (Wildman–Crippen MR) is 76.6 cm³/mol. The Kier molecular flexibility index (Phi) is 4.56. The Morgan fingerprint density at radius 2 is 2.00 bits per heavy atom. The van der Waals surface area contributed by atoms with Gasteiger partial charge in [0.25, 0.3) is 0 Å². The first-order valence-electron chi connectivity index (χ1n) is 6.90. The highest BCUT2D eigenvalue weighted by Gasteiger charge is 2.28. The summed E-state index contributed by atoms with van der Waals surface area (Å²) in [4.78, 5) is 12.1. The van der Waals surface area contributed by atoms with Gasteiger partial charge in [-0.3, -0.25) is 4.79 Å². The smallest absolute Gasteiger partial charge is 0.241 e. The van der Waals surface area contributed by atoms with Gasteiger partial charge in [0.2, 0.25) is 5.91 Å². The molecule has 1 aliphatic heterocycles. The molecule has 4 N–H and O–H groups in total. The van der Waals surface area contributed by atoms with E-state index < -0.39 is 6.04 Å². The molecule has 1 aliphatic rings. The number of carbonyl (C=O) groups is 1. The summed E-state index contributed by atoms with van der Waals surface area (Å²) in [6.45, 7) is 4.98. The summed E-state index contributed by atoms with van der Waals surface area (Å²) in [5, 5.41) is 6.34. The van der Waals surface area contributed by atoms with E-state index in [0.29, 0.717) is 6.54 Å². The molecule has 1 heterocycles. The summed E-state index contributed by atoms with van der Waals surface area (Å²) < 4.78 is 0. The van der Waals surface area contributed by atoms with Crippen LogP contribution in [0.3, 0.4) is 0 Å². The molecule has 4 heteroatoms. The normalized spacial score (nSPS) is 19.7. The molecular formula is C15H23N3O. The van der Waals surface area contributed by atoms with Crippen LogP contribution in [0, 0.1) is 5.41 Å². The maximum absolute atomic E-state index is 12.1. The Bertz CT molecular complexity index is 413. The molecule has 1 unspecified atom stereocenters. The van der Waals surface area contributed by atoms with Crippen molar-refractivity contribution in [1.82, 2.24) is 10.6 Å². The number of amides is 1. The summed E-state index contributed by atoms with van der Waals surface area (Å²) in [6, 6.07) is 8.91. The number of rotatable bonds is 4. The molecule has 1 aromatic rings. The van der Waals surface area contributed by atoms with E-state index in [1.807, 2.05) is 30.3 Å². The molecule has 2 rings (SSSR count). The van der Waals surface area contributed by atoms with Gasteiger partial charge in [-0.2, -0.15) is 0 Å². The lowest BCUT2D eigenvalue weighted by atomic mass is 9.81. The van der Waals surface area contributed by atoms with Gasteiger partial charge in [-0.15, -0.1) is 0 Å². The van der Waals surface area contributed by atoms with Crippen molar-refractivity contribution in [3.05, 3.63) is 35.9 Å². The summed E-state index contributed by atoms with van der Waals surface area (Å²) in [7, 11) is 0. The number of hydrogen-bond acceptors (Lipinski definition) is 3. The Morgan fingerprint density at radius 1 is 1.37 bits per heavy atom. The number of carbonyl (C=O) groups excluding carboxylic acids is 1. The van der Waals surface area contributed by atoms with Crippen LogP contribution in [-0.4, -0.2) is 25.5 Å². The number of hydrogen-bond donors (Lipinski definition) is 3. The van der Waals surface area contributed by atoms with Crippen LogP contribution in [-0.2, 0) is 4.79 Å². The minimum Gasteiger partial charge on any atom is -0.354 e. The molecule has 1 amide bonds. The fourth-order valence-electron chi connectivity index (χ4n) is 2.43. The first kappa shape index (κ1) is 14.0. The van der Waals surface area contributed by atoms with Crippen molar-refractivity contribution in [2.45, 2.75) is 25.8 Å². The average Bonchev–Trinajstić information content (AvgIpc) is 2.46. The highest BCUT2D eigenvalue weighted by Crippen LogP contribution is 2.26. The molecule has 1 aromatic carbocycles. The third-order valence-corrected chi connectivity index (χ3v) is 3.94. The van der Waals surface area contributed by atoms with Gasteiger partial charge in [-0.1, -0.05) is 37.3 Å². The minimum absolute atomic E-state index is 0.0917. The van der Waals surface area contributed by atoms with E-state index in [-0.39, 0.29) is 11.3 Å². The zero-order valence-corrected chi connectivity index (χ0v) is 11.5. The van der Waals surface area contributed by atoms with Crippen molar-refractivity contribution in [1.29, 1.82) is 0 Å². The molecule has 0 aromatic heterocycles. The van der Waals surface area contributed by atoms with E-state index in [4.69, 9.17) is 5.73 Å². The first-order chi connectivity index (χ1) is 9.11. The van der Waals surface area contributed by atoms with E-state index in [0.717, 1.165) is 31.5 Å². The Labute approximate surface area is 114 Å². The van der Waals surface area contributed by atoms with Crippen LogP contribution in [0.5, 0.6) is 0 Å². The van der Waals surface area contributed by atoms with Crippen molar-refractivity contribution in [3.8, 4) is 0 Å². The van der Waals surface area contributed by atoms with E-state index in [9.17, 15) is 4.79 Å². The molecule has 0 bridgehead atoms. The van der Waals surface area contributed by atoms with E-state index in [1.54, 1.807) is 0 Å². The second-order valence-electron chi connectivity index (χ2n) is 5.67. The third kappa shape index (κ3) is 3.78. The molecule has 0 saturated carbocycles.